The first-order valence-corrected chi connectivity index (χ1v) is 9.52. The lowest BCUT2D eigenvalue weighted by Crippen LogP contribution is -2.53. The van der Waals surface area contributed by atoms with E-state index in [1.807, 2.05) is 42.3 Å². The molecule has 1 saturated heterocycles. The number of aliphatic imine (C=N–C) groups is 1. The number of ether oxygens (including phenoxy) is 1. The second-order valence-corrected chi connectivity index (χ2v) is 6.91. The maximum atomic E-state index is 5.50. The van der Waals surface area contributed by atoms with Crippen LogP contribution in [0.2, 0.25) is 0 Å². The standard InChI is InChI=1S/C20H30N6O/c1-17(16-26-10-6-9-23-26)15-22-20(21-2)25-13-11-24(12-14-25)18-7-4-5-8-19(18)27-3/h4-10,17H,11-16H2,1-3H3,(H,21,22). The molecule has 27 heavy (non-hydrogen) atoms. The third-order valence-corrected chi connectivity index (χ3v) is 4.88. The summed E-state index contributed by atoms with van der Waals surface area (Å²) in [5, 5.41) is 7.80. The average molecular weight is 371 g/mol. The lowest BCUT2D eigenvalue weighted by Gasteiger charge is -2.38. The average Bonchev–Trinajstić information content (AvgIpc) is 3.22. The van der Waals surface area contributed by atoms with Crippen LogP contribution in [0.4, 0.5) is 5.69 Å². The molecule has 0 amide bonds. The van der Waals surface area contributed by atoms with Crippen molar-refractivity contribution in [2.75, 3.05) is 51.8 Å². The number of benzene rings is 1. The number of piperazine rings is 1. The molecule has 1 aromatic heterocycles. The highest BCUT2D eigenvalue weighted by Crippen LogP contribution is 2.28. The van der Waals surface area contributed by atoms with Crippen LogP contribution in [0, 0.1) is 5.92 Å². The minimum absolute atomic E-state index is 0.469. The zero-order chi connectivity index (χ0) is 19.1. The zero-order valence-corrected chi connectivity index (χ0v) is 16.5. The molecule has 1 N–H and O–H groups in total. The Morgan fingerprint density at radius 3 is 2.67 bits per heavy atom. The van der Waals surface area contributed by atoms with Crippen molar-refractivity contribution in [1.82, 2.24) is 20.0 Å². The highest BCUT2D eigenvalue weighted by molar-refractivity contribution is 5.80. The molecule has 1 aromatic carbocycles. The predicted octanol–water partition coefficient (Wildman–Crippen LogP) is 1.93. The summed E-state index contributed by atoms with van der Waals surface area (Å²) in [5.41, 5.74) is 1.16. The number of guanidine groups is 1. The van der Waals surface area contributed by atoms with Crippen LogP contribution >= 0.6 is 0 Å². The molecule has 7 nitrogen and oxygen atoms in total. The molecule has 0 bridgehead atoms. The molecule has 1 unspecified atom stereocenters. The molecule has 1 aliphatic rings. The van der Waals surface area contributed by atoms with Crippen molar-refractivity contribution in [3.63, 3.8) is 0 Å². The minimum atomic E-state index is 0.469. The van der Waals surface area contributed by atoms with E-state index in [1.165, 1.54) is 0 Å². The van der Waals surface area contributed by atoms with Crippen LogP contribution in [-0.2, 0) is 6.54 Å². The van der Waals surface area contributed by atoms with Crippen molar-refractivity contribution in [1.29, 1.82) is 0 Å². The van der Waals surface area contributed by atoms with Gasteiger partial charge < -0.3 is 19.9 Å². The minimum Gasteiger partial charge on any atom is -0.495 e. The third-order valence-electron chi connectivity index (χ3n) is 4.88. The molecule has 0 saturated carbocycles. The molecule has 1 aliphatic heterocycles. The molecule has 3 rings (SSSR count). The Labute approximate surface area is 161 Å². The molecule has 146 valence electrons. The van der Waals surface area contributed by atoms with Crippen LogP contribution in [0.3, 0.4) is 0 Å². The number of para-hydroxylation sites is 2. The van der Waals surface area contributed by atoms with E-state index < -0.39 is 0 Å². The number of anilines is 1. The van der Waals surface area contributed by atoms with E-state index in [0.29, 0.717) is 5.92 Å². The van der Waals surface area contributed by atoms with Crippen LogP contribution in [0.1, 0.15) is 6.92 Å². The number of aromatic nitrogens is 2. The molecule has 0 spiro atoms. The first-order valence-electron chi connectivity index (χ1n) is 9.52. The number of methoxy groups -OCH3 is 1. The fourth-order valence-corrected chi connectivity index (χ4v) is 3.44. The van der Waals surface area contributed by atoms with E-state index in [2.05, 4.69) is 44.3 Å². The smallest absolute Gasteiger partial charge is 0.193 e. The topological polar surface area (TPSA) is 57.9 Å². The zero-order valence-electron chi connectivity index (χ0n) is 16.5. The van der Waals surface area contributed by atoms with Gasteiger partial charge in [-0.1, -0.05) is 19.1 Å². The van der Waals surface area contributed by atoms with E-state index in [9.17, 15) is 0 Å². The molecular weight excluding hydrogens is 340 g/mol. The van der Waals surface area contributed by atoms with Gasteiger partial charge in [-0.25, -0.2) is 0 Å². The van der Waals surface area contributed by atoms with Gasteiger partial charge in [0.15, 0.2) is 5.96 Å². The summed E-state index contributed by atoms with van der Waals surface area (Å²) in [7, 11) is 3.58. The highest BCUT2D eigenvalue weighted by atomic mass is 16.5. The van der Waals surface area contributed by atoms with Gasteiger partial charge in [0.2, 0.25) is 0 Å². The molecule has 1 atom stereocenters. The van der Waals surface area contributed by atoms with E-state index in [1.54, 1.807) is 7.11 Å². The van der Waals surface area contributed by atoms with Crippen LogP contribution in [-0.4, -0.2) is 67.5 Å². The molecule has 0 radical (unpaired) electrons. The van der Waals surface area contributed by atoms with Crippen molar-refractivity contribution in [3.05, 3.63) is 42.7 Å². The summed E-state index contributed by atoms with van der Waals surface area (Å²) in [4.78, 5) is 9.18. The van der Waals surface area contributed by atoms with E-state index in [0.717, 1.165) is 56.7 Å². The molecule has 2 aromatic rings. The Hall–Kier alpha value is -2.70. The molecule has 2 heterocycles. The molecule has 1 fully saturated rings. The first-order chi connectivity index (χ1) is 13.2. The molecule has 7 heteroatoms. The fraction of sp³-hybridized carbons (Fsp3) is 0.500. The van der Waals surface area contributed by atoms with Gasteiger partial charge in [-0.05, 0) is 24.1 Å². The number of nitrogens with zero attached hydrogens (tertiary/aromatic N) is 5. The third kappa shape index (κ3) is 4.93. The monoisotopic (exact) mass is 370 g/mol. The van der Waals surface area contributed by atoms with Crippen molar-refractivity contribution in [3.8, 4) is 5.75 Å². The summed E-state index contributed by atoms with van der Waals surface area (Å²) in [6, 6.07) is 10.2. The Balaban J connectivity index is 1.50. The maximum absolute atomic E-state index is 5.50. The number of hydrogen-bond acceptors (Lipinski definition) is 4. The summed E-state index contributed by atoms with van der Waals surface area (Å²) < 4.78 is 7.48. The lowest BCUT2D eigenvalue weighted by molar-refractivity contribution is 0.360. The summed E-state index contributed by atoms with van der Waals surface area (Å²) in [6.45, 7) is 7.77. The van der Waals surface area contributed by atoms with E-state index in [-0.39, 0.29) is 0 Å². The highest BCUT2D eigenvalue weighted by Gasteiger charge is 2.21. The van der Waals surface area contributed by atoms with Crippen molar-refractivity contribution in [2.45, 2.75) is 13.5 Å². The predicted molar refractivity (Wildman–Crippen MR) is 110 cm³/mol. The van der Waals surface area contributed by atoms with E-state index >= 15 is 0 Å². The van der Waals surface area contributed by atoms with Gasteiger partial charge in [0.05, 0.1) is 12.8 Å². The van der Waals surface area contributed by atoms with Crippen LogP contribution in [0.25, 0.3) is 0 Å². The summed E-state index contributed by atoms with van der Waals surface area (Å²) in [5.74, 6) is 2.37. The Morgan fingerprint density at radius 1 is 1.22 bits per heavy atom. The van der Waals surface area contributed by atoms with Crippen molar-refractivity contribution in [2.24, 2.45) is 10.9 Å². The second kappa shape index (κ2) is 9.30. The second-order valence-electron chi connectivity index (χ2n) is 6.91. The normalized spacial score (nSPS) is 16.3. The Bertz CT molecular complexity index is 722. The van der Waals surface area contributed by atoms with Crippen LogP contribution in [0.15, 0.2) is 47.7 Å². The Morgan fingerprint density at radius 2 is 2.00 bits per heavy atom. The number of hydrogen-bond donors (Lipinski definition) is 1. The SMILES string of the molecule is CN=C(NCC(C)Cn1cccn1)N1CCN(c2ccccc2OC)CC1. The largest absolute Gasteiger partial charge is 0.495 e. The van der Waals surface area contributed by atoms with Gasteiger partial charge in [0, 0.05) is 58.7 Å². The van der Waals surface area contributed by atoms with Gasteiger partial charge in [-0.3, -0.25) is 9.67 Å². The Kier molecular flexibility index (Phi) is 6.57. The quantitative estimate of drug-likeness (QED) is 0.622. The van der Waals surface area contributed by atoms with Gasteiger partial charge in [-0.2, -0.15) is 5.10 Å². The number of rotatable bonds is 6. The van der Waals surface area contributed by atoms with Gasteiger partial charge >= 0.3 is 0 Å². The fourth-order valence-electron chi connectivity index (χ4n) is 3.44. The lowest BCUT2D eigenvalue weighted by atomic mass is 10.2. The van der Waals surface area contributed by atoms with Crippen molar-refractivity contribution < 1.29 is 4.74 Å². The van der Waals surface area contributed by atoms with Crippen LogP contribution in [0.5, 0.6) is 5.75 Å². The maximum Gasteiger partial charge on any atom is 0.193 e. The van der Waals surface area contributed by atoms with Crippen LogP contribution < -0.4 is 15.0 Å². The van der Waals surface area contributed by atoms with E-state index in [4.69, 9.17) is 4.74 Å². The van der Waals surface area contributed by atoms with Crippen molar-refractivity contribution >= 4 is 11.6 Å². The summed E-state index contributed by atoms with van der Waals surface area (Å²) in [6.07, 6.45) is 3.82. The van der Waals surface area contributed by atoms with Gasteiger partial charge in [0.25, 0.3) is 0 Å². The molecular formula is C20H30N6O. The molecule has 0 aliphatic carbocycles. The van der Waals surface area contributed by atoms with Gasteiger partial charge in [0.1, 0.15) is 5.75 Å². The summed E-state index contributed by atoms with van der Waals surface area (Å²) >= 11 is 0. The van der Waals surface area contributed by atoms with Gasteiger partial charge in [-0.15, -0.1) is 0 Å². The first kappa shape index (κ1) is 19.1. The number of nitrogens with one attached hydrogen (secondary N) is 1.